The number of nitrogens with one attached hydrogen (secondary N) is 2. The van der Waals surface area contributed by atoms with Gasteiger partial charge in [0.15, 0.2) is 0 Å². The van der Waals surface area contributed by atoms with E-state index in [1.54, 1.807) is 4.68 Å². The molecule has 5 nitrogen and oxygen atoms in total. The Bertz CT molecular complexity index is 901. The van der Waals surface area contributed by atoms with E-state index >= 15 is 0 Å². The number of aromatic amines is 1. The molecule has 1 amide bonds. The molecule has 0 aliphatic heterocycles. The summed E-state index contributed by atoms with van der Waals surface area (Å²) >= 11 is 0. The smallest absolute Gasteiger partial charge is 0.268 e. The SMILES string of the molecule is CCc1ccc2[nH]c(C(=O)NC3(Cc4cnn(C)c4)CC3)cc2c1. The summed E-state index contributed by atoms with van der Waals surface area (Å²) in [5.41, 5.74) is 3.99. The topological polar surface area (TPSA) is 62.7 Å². The van der Waals surface area contributed by atoms with Gasteiger partial charge < -0.3 is 10.3 Å². The molecule has 0 unspecified atom stereocenters. The van der Waals surface area contributed by atoms with Gasteiger partial charge in [0.2, 0.25) is 0 Å². The summed E-state index contributed by atoms with van der Waals surface area (Å²) in [5, 5.41) is 8.53. The number of hydrogen-bond acceptors (Lipinski definition) is 2. The highest BCUT2D eigenvalue weighted by Gasteiger charge is 2.44. The number of hydrogen-bond donors (Lipinski definition) is 2. The van der Waals surface area contributed by atoms with Crippen LogP contribution in [0.1, 0.15) is 41.4 Å². The lowest BCUT2D eigenvalue weighted by Gasteiger charge is -2.15. The zero-order valence-corrected chi connectivity index (χ0v) is 14.1. The number of nitrogens with zero attached hydrogens (tertiary/aromatic N) is 2. The fourth-order valence-corrected chi connectivity index (χ4v) is 3.28. The van der Waals surface area contributed by atoms with Crippen molar-refractivity contribution >= 4 is 16.8 Å². The minimum Gasteiger partial charge on any atom is -0.351 e. The predicted octanol–water partition coefficient (Wildman–Crippen LogP) is 2.97. The molecule has 4 rings (SSSR count). The van der Waals surface area contributed by atoms with Gasteiger partial charge in [-0.25, -0.2) is 0 Å². The summed E-state index contributed by atoms with van der Waals surface area (Å²) in [5.74, 6) is -0.0226. The minimum absolute atomic E-state index is 0.0226. The second kappa shape index (κ2) is 5.51. The standard InChI is InChI=1S/C19H22N4O/c1-3-13-4-5-16-15(8-13)9-17(21-16)18(24)22-19(6-7-19)10-14-11-20-23(2)12-14/h4-5,8-9,11-12,21H,3,6-7,10H2,1-2H3,(H,22,24). The fourth-order valence-electron chi connectivity index (χ4n) is 3.28. The van der Waals surface area contributed by atoms with Gasteiger partial charge in [-0.3, -0.25) is 9.48 Å². The first-order valence-electron chi connectivity index (χ1n) is 8.49. The van der Waals surface area contributed by atoms with Gasteiger partial charge in [0, 0.05) is 29.7 Å². The van der Waals surface area contributed by atoms with Crippen molar-refractivity contribution in [2.24, 2.45) is 7.05 Å². The molecule has 0 atom stereocenters. The Morgan fingerprint density at radius 2 is 2.17 bits per heavy atom. The second-order valence-corrected chi connectivity index (χ2v) is 6.89. The third-order valence-corrected chi connectivity index (χ3v) is 4.87. The molecule has 1 aliphatic carbocycles. The average molecular weight is 322 g/mol. The van der Waals surface area contributed by atoms with Crippen LogP contribution in [-0.4, -0.2) is 26.2 Å². The number of benzene rings is 1. The first-order chi connectivity index (χ1) is 11.6. The highest BCUT2D eigenvalue weighted by molar-refractivity contribution is 5.98. The first-order valence-corrected chi connectivity index (χ1v) is 8.49. The van der Waals surface area contributed by atoms with Crippen molar-refractivity contribution in [3.8, 4) is 0 Å². The van der Waals surface area contributed by atoms with Crippen LogP contribution in [0.3, 0.4) is 0 Å². The number of H-pyrrole nitrogens is 1. The molecule has 2 heterocycles. The van der Waals surface area contributed by atoms with E-state index < -0.39 is 0 Å². The molecule has 1 fully saturated rings. The molecule has 2 aromatic heterocycles. The van der Waals surface area contributed by atoms with Crippen LogP contribution in [0.2, 0.25) is 0 Å². The molecule has 0 radical (unpaired) electrons. The van der Waals surface area contributed by atoms with Gasteiger partial charge in [-0.15, -0.1) is 0 Å². The van der Waals surface area contributed by atoms with Crippen molar-refractivity contribution in [1.29, 1.82) is 0 Å². The summed E-state index contributed by atoms with van der Waals surface area (Å²) in [6.07, 6.45) is 7.77. The minimum atomic E-state index is -0.105. The lowest BCUT2D eigenvalue weighted by Crippen LogP contribution is -2.38. The van der Waals surface area contributed by atoms with Gasteiger partial charge in [0.1, 0.15) is 5.69 Å². The number of carbonyl (C=O) groups is 1. The molecule has 0 bridgehead atoms. The van der Waals surface area contributed by atoms with Crippen molar-refractivity contribution in [2.45, 2.75) is 38.1 Å². The average Bonchev–Trinajstić information content (AvgIpc) is 2.99. The molecule has 0 spiro atoms. The van der Waals surface area contributed by atoms with Crippen LogP contribution in [0.15, 0.2) is 36.7 Å². The monoisotopic (exact) mass is 322 g/mol. The van der Waals surface area contributed by atoms with Crippen molar-refractivity contribution in [3.05, 3.63) is 53.5 Å². The number of rotatable bonds is 5. The fraction of sp³-hybridized carbons (Fsp3) is 0.368. The Balaban J connectivity index is 1.51. The predicted molar refractivity (Wildman–Crippen MR) is 94.0 cm³/mol. The Hall–Kier alpha value is -2.56. The third-order valence-electron chi connectivity index (χ3n) is 4.87. The van der Waals surface area contributed by atoms with Crippen LogP contribution in [-0.2, 0) is 19.9 Å². The summed E-state index contributed by atoms with van der Waals surface area (Å²) in [7, 11) is 1.91. The van der Waals surface area contributed by atoms with E-state index in [-0.39, 0.29) is 11.4 Å². The molecule has 2 N–H and O–H groups in total. The van der Waals surface area contributed by atoms with Crippen molar-refractivity contribution in [2.75, 3.05) is 0 Å². The number of amides is 1. The summed E-state index contributed by atoms with van der Waals surface area (Å²) in [4.78, 5) is 15.9. The van der Waals surface area contributed by atoms with E-state index in [1.165, 1.54) is 11.1 Å². The van der Waals surface area contributed by atoms with E-state index in [1.807, 2.05) is 31.6 Å². The normalized spacial score (nSPS) is 15.6. The molecule has 1 saturated carbocycles. The maximum Gasteiger partial charge on any atom is 0.268 e. The largest absolute Gasteiger partial charge is 0.351 e. The van der Waals surface area contributed by atoms with E-state index in [0.717, 1.165) is 36.6 Å². The van der Waals surface area contributed by atoms with E-state index in [0.29, 0.717) is 5.69 Å². The lowest BCUT2D eigenvalue weighted by atomic mass is 10.1. The van der Waals surface area contributed by atoms with Gasteiger partial charge in [-0.2, -0.15) is 5.10 Å². The summed E-state index contributed by atoms with van der Waals surface area (Å²) in [6, 6.07) is 8.24. The molecular formula is C19H22N4O. The number of aryl methyl sites for hydroxylation is 2. The lowest BCUT2D eigenvalue weighted by molar-refractivity contribution is 0.0927. The van der Waals surface area contributed by atoms with Crippen LogP contribution in [0.4, 0.5) is 0 Å². The molecule has 0 saturated heterocycles. The molecule has 1 aliphatic rings. The number of carbonyl (C=O) groups excluding carboxylic acids is 1. The van der Waals surface area contributed by atoms with Crippen molar-refractivity contribution in [1.82, 2.24) is 20.1 Å². The first kappa shape index (κ1) is 15.0. The van der Waals surface area contributed by atoms with Gasteiger partial charge in [-0.1, -0.05) is 13.0 Å². The van der Waals surface area contributed by atoms with E-state index in [9.17, 15) is 4.79 Å². The molecule has 3 aromatic rings. The molecule has 5 heteroatoms. The van der Waals surface area contributed by atoms with Gasteiger partial charge in [0.05, 0.1) is 6.20 Å². The molecule has 24 heavy (non-hydrogen) atoms. The molecule has 1 aromatic carbocycles. The highest BCUT2D eigenvalue weighted by Crippen LogP contribution is 2.38. The van der Waals surface area contributed by atoms with Crippen LogP contribution in [0.25, 0.3) is 10.9 Å². The zero-order chi connectivity index (χ0) is 16.7. The van der Waals surface area contributed by atoms with Crippen LogP contribution >= 0.6 is 0 Å². The maximum atomic E-state index is 12.7. The maximum absolute atomic E-state index is 12.7. The van der Waals surface area contributed by atoms with Crippen molar-refractivity contribution in [3.63, 3.8) is 0 Å². The Kier molecular flexibility index (Phi) is 3.44. The summed E-state index contributed by atoms with van der Waals surface area (Å²) in [6.45, 7) is 2.14. The van der Waals surface area contributed by atoms with E-state index in [2.05, 4.69) is 34.5 Å². The zero-order valence-electron chi connectivity index (χ0n) is 14.1. The summed E-state index contributed by atoms with van der Waals surface area (Å²) < 4.78 is 1.80. The molecular weight excluding hydrogens is 300 g/mol. The van der Waals surface area contributed by atoms with Crippen LogP contribution in [0, 0.1) is 0 Å². The Morgan fingerprint density at radius 1 is 1.33 bits per heavy atom. The van der Waals surface area contributed by atoms with Crippen LogP contribution < -0.4 is 5.32 Å². The second-order valence-electron chi connectivity index (χ2n) is 6.89. The van der Waals surface area contributed by atoms with Gasteiger partial charge in [0.25, 0.3) is 5.91 Å². The highest BCUT2D eigenvalue weighted by atomic mass is 16.2. The Morgan fingerprint density at radius 3 is 2.83 bits per heavy atom. The van der Waals surface area contributed by atoms with E-state index in [4.69, 9.17) is 0 Å². The Labute approximate surface area is 141 Å². The van der Waals surface area contributed by atoms with Gasteiger partial charge >= 0.3 is 0 Å². The number of aromatic nitrogens is 3. The van der Waals surface area contributed by atoms with Crippen molar-refractivity contribution < 1.29 is 4.79 Å². The van der Waals surface area contributed by atoms with Crippen LogP contribution in [0.5, 0.6) is 0 Å². The quantitative estimate of drug-likeness (QED) is 0.758. The van der Waals surface area contributed by atoms with Gasteiger partial charge in [-0.05, 0) is 55.0 Å². The molecule has 124 valence electrons. The third kappa shape index (κ3) is 2.82. The number of fused-ring (bicyclic) bond motifs is 1.